The van der Waals surface area contributed by atoms with E-state index in [-0.39, 0.29) is 18.6 Å². The van der Waals surface area contributed by atoms with Crippen LogP contribution in [0.1, 0.15) is 23.7 Å². The molecule has 0 amide bonds. The van der Waals surface area contributed by atoms with Crippen LogP contribution < -0.4 is 20.8 Å². The van der Waals surface area contributed by atoms with E-state index in [1.54, 1.807) is 34.6 Å². The molecular weight excluding hydrogens is 454 g/mol. The number of carboxylic acids is 1. The molecule has 3 rings (SSSR count). The van der Waals surface area contributed by atoms with Gasteiger partial charge in [0.2, 0.25) is 0 Å². The maximum absolute atomic E-state index is 12.7. The number of nitrogens with zero attached hydrogens (tertiary/aromatic N) is 2. The van der Waals surface area contributed by atoms with Crippen LogP contribution in [0.3, 0.4) is 0 Å². The number of ether oxygens (including phenoxy) is 2. The molecule has 0 spiro atoms. The lowest BCUT2D eigenvalue weighted by molar-refractivity contribution is -0.137. The summed E-state index contributed by atoms with van der Waals surface area (Å²) in [6, 6.07) is 13.7. The molecule has 3 aromatic rings. The van der Waals surface area contributed by atoms with Crippen molar-refractivity contribution in [2.45, 2.75) is 19.1 Å². The normalized spacial score (nSPS) is 11.9. The van der Waals surface area contributed by atoms with Gasteiger partial charge < -0.3 is 20.3 Å². The molecule has 30 heavy (non-hydrogen) atoms. The highest BCUT2D eigenvalue weighted by atomic mass is 79.9. The molecule has 0 aliphatic carbocycles. The Balaban J connectivity index is 1.85. The molecule has 2 aromatic carbocycles. The molecule has 0 fully saturated rings. The highest BCUT2D eigenvalue weighted by Crippen LogP contribution is 2.31. The zero-order valence-electron chi connectivity index (χ0n) is 16.5. The minimum atomic E-state index is -0.976. The molecule has 0 radical (unpaired) electrons. The highest BCUT2D eigenvalue weighted by molar-refractivity contribution is 9.10. The fraction of sp³-hybridized carbons (Fsp3) is 0.238. The number of carboxylic acid groups (broad SMARTS) is 1. The number of halogens is 1. The number of hydrogen-bond acceptors (Lipinski definition) is 5. The molecule has 1 aromatic heterocycles. The molecule has 1 atom stereocenters. The lowest BCUT2D eigenvalue weighted by atomic mass is 10.0. The molecule has 9 heteroatoms. The third-order valence-corrected chi connectivity index (χ3v) is 5.50. The predicted molar refractivity (Wildman–Crippen MR) is 115 cm³/mol. The molecule has 0 saturated heterocycles. The number of benzene rings is 2. The Labute approximate surface area is 181 Å². The monoisotopic (exact) mass is 475 g/mol. The zero-order valence-corrected chi connectivity index (χ0v) is 18.1. The summed E-state index contributed by atoms with van der Waals surface area (Å²) in [5.74, 6) is -0.0944. The van der Waals surface area contributed by atoms with Crippen LogP contribution >= 0.6 is 15.9 Å². The third-order valence-electron chi connectivity index (χ3n) is 4.70. The molecule has 1 heterocycles. The largest absolute Gasteiger partial charge is 0.493 e. The second-order valence-corrected chi connectivity index (χ2v) is 7.43. The van der Waals surface area contributed by atoms with E-state index in [2.05, 4.69) is 15.9 Å². The minimum Gasteiger partial charge on any atom is -0.493 e. The molecule has 158 valence electrons. The van der Waals surface area contributed by atoms with E-state index in [1.165, 1.54) is 7.11 Å². The van der Waals surface area contributed by atoms with E-state index in [1.807, 2.05) is 30.3 Å². The number of rotatable bonds is 8. The first-order valence-electron chi connectivity index (χ1n) is 9.13. The number of aliphatic carboxylic acids is 1. The Morgan fingerprint density at radius 2 is 1.90 bits per heavy atom. The number of aromatic nitrogens is 2. The van der Waals surface area contributed by atoms with Gasteiger partial charge in [-0.25, -0.2) is 4.68 Å². The van der Waals surface area contributed by atoms with Gasteiger partial charge in [-0.15, -0.1) is 0 Å². The summed E-state index contributed by atoms with van der Waals surface area (Å²) >= 11 is 3.37. The third kappa shape index (κ3) is 4.42. The van der Waals surface area contributed by atoms with Gasteiger partial charge in [-0.05, 0) is 45.8 Å². The Bertz CT molecular complexity index is 1110. The average molecular weight is 476 g/mol. The van der Waals surface area contributed by atoms with Crippen LogP contribution in [0.2, 0.25) is 0 Å². The molecule has 0 aliphatic heterocycles. The van der Waals surface area contributed by atoms with E-state index >= 15 is 0 Å². The van der Waals surface area contributed by atoms with E-state index in [9.17, 15) is 9.59 Å². The van der Waals surface area contributed by atoms with Crippen molar-refractivity contribution in [2.24, 2.45) is 12.8 Å². The fourth-order valence-corrected chi connectivity index (χ4v) is 3.66. The summed E-state index contributed by atoms with van der Waals surface area (Å²) in [7, 11) is 3.27. The maximum atomic E-state index is 12.7. The van der Waals surface area contributed by atoms with Crippen LogP contribution in [-0.4, -0.2) is 27.5 Å². The molecule has 1 unspecified atom stereocenters. The second kappa shape index (κ2) is 9.19. The lowest BCUT2D eigenvalue weighted by Crippen LogP contribution is -2.19. The van der Waals surface area contributed by atoms with Crippen molar-refractivity contribution in [3.63, 3.8) is 0 Å². The van der Waals surface area contributed by atoms with Crippen LogP contribution in [0.15, 0.2) is 57.8 Å². The summed E-state index contributed by atoms with van der Waals surface area (Å²) in [4.78, 5) is 23.6. The van der Waals surface area contributed by atoms with E-state index in [4.69, 9.17) is 20.3 Å². The number of carbonyl (C=O) groups is 1. The quantitative estimate of drug-likeness (QED) is 0.518. The summed E-state index contributed by atoms with van der Waals surface area (Å²) in [5, 5.41) is 8.93. The van der Waals surface area contributed by atoms with Gasteiger partial charge in [-0.2, -0.15) is 0 Å². The smallest absolute Gasteiger partial charge is 0.305 e. The maximum Gasteiger partial charge on any atom is 0.305 e. The summed E-state index contributed by atoms with van der Waals surface area (Å²) in [6.07, 6.45) is -0.189. The number of methoxy groups -OCH3 is 1. The van der Waals surface area contributed by atoms with Gasteiger partial charge in [0.15, 0.2) is 11.5 Å². The Kier molecular flexibility index (Phi) is 6.63. The Morgan fingerprint density at radius 3 is 2.53 bits per heavy atom. The van der Waals surface area contributed by atoms with Crippen LogP contribution in [0, 0.1) is 0 Å². The van der Waals surface area contributed by atoms with Crippen LogP contribution in [0.25, 0.3) is 5.69 Å². The summed E-state index contributed by atoms with van der Waals surface area (Å²) in [6.45, 7) is 0.114. The predicted octanol–water partition coefficient (Wildman–Crippen LogP) is 3.00. The standard InChI is InChI=1S/C21H22BrN3O5/c1-24-16(20(22)21(28)25(24)14-6-4-3-5-7-14)12-30-17-9-8-13(10-18(17)29-2)15(23)11-19(26)27/h3-10,15H,11-12,23H2,1-2H3,(H,26,27). The molecule has 0 aliphatic rings. The van der Waals surface area contributed by atoms with Gasteiger partial charge in [0.1, 0.15) is 11.1 Å². The Hall–Kier alpha value is -3.04. The van der Waals surface area contributed by atoms with Crippen molar-refractivity contribution < 1.29 is 19.4 Å². The molecule has 8 nitrogen and oxygen atoms in total. The van der Waals surface area contributed by atoms with Crippen molar-refractivity contribution >= 4 is 21.9 Å². The van der Waals surface area contributed by atoms with Crippen LogP contribution in [0.5, 0.6) is 11.5 Å². The highest BCUT2D eigenvalue weighted by Gasteiger charge is 2.19. The number of nitrogens with two attached hydrogens (primary N) is 1. The average Bonchev–Trinajstić information content (AvgIpc) is 2.94. The summed E-state index contributed by atoms with van der Waals surface area (Å²) in [5.41, 5.74) is 7.76. The fourth-order valence-electron chi connectivity index (χ4n) is 3.12. The number of para-hydroxylation sites is 1. The SMILES string of the molecule is COc1cc(C(N)CC(=O)O)ccc1OCc1c(Br)c(=O)n(-c2ccccc2)n1C. The topological polar surface area (TPSA) is 109 Å². The van der Waals surface area contributed by atoms with Gasteiger partial charge in [-0.3, -0.25) is 14.3 Å². The molecule has 0 saturated carbocycles. The van der Waals surface area contributed by atoms with Gasteiger partial charge in [-0.1, -0.05) is 24.3 Å². The summed E-state index contributed by atoms with van der Waals surface area (Å²) < 4.78 is 15.0. The molecular formula is C21H22BrN3O5. The lowest BCUT2D eigenvalue weighted by Gasteiger charge is -2.15. The van der Waals surface area contributed by atoms with Crippen LogP contribution in [0.4, 0.5) is 0 Å². The van der Waals surface area contributed by atoms with E-state index in [0.29, 0.717) is 27.2 Å². The molecule has 3 N–H and O–H groups in total. The van der Waals surface area contributed by atoms with Crippen molar-refractivity contribution in [1.82, 2.24) is 9.36 Å². The van der Waals surface area contributed by atoms with Crippen molar-refractivity contribution in [1.29, 1.82) is 0 Å². The minimum absolute atomic E-state index is 0.114. The van der Waals surface area contributed by atoms with Gasteiger partial charge in [0.25, 0.3) is 5.56 Å². The van der Waals surface area contributed by atoms with Crippen LogP contribution in [-0.2, 0) is 18.4 Å². The second-order valence-electron chi connectivity index (χ2n) is 6.64. The first kappa shape index (κ1) is 21.7. The first-order valence-corrected chi connectivity index (χ1v) is 9.92. The van der Waals surface area contributed by atoms with Crippen molar-refractivity contribution in [3.05, 3.63) is 74.6 Å². The van der Waals surface area contributed by atoms with Gasteiger partial charge >= 0.3 is 5.97 Å². The van der Waals surface area contributed by atoms with Gasteiger partial charge in [0, 0.05) is 13.1 Å². The molecule has 0 bridgehead atoms. The first-order chi connectivity index (χ1) is 14.3. The zero-order chi connectivity index (χ0) is 21.8. The Morgan fingerprint density at radius 1 is 1.20 bits per heavy atom. The van der Waals surface area contributed by atoms with Crippen molar-refractivity contribution in [3.8, 4) is 17.2 Å². The number of hydrogen-bond donors (Lipinski definition) is 2. The van der Waals surface area contributed by atoms with E-state index < -0.39 is 12.0 Å². The van der Waals surface area contributed by atoms with Gasteiger partial charge in [0.05, 0.1) is 24.9 Å². The van der Waals surface area contributed by atoms with Crippen molar-refractivity contribution in [2.75, 3.05) is 7.11 Å². The van der Waals surface area contributed by atoms with E-state index in [0.717, 1.165) is 5.69 Å².